The number of nitrogens with zero attached hydrogens (tertiary/aromatic N) is 1. The largest absolute Gasteiger partial charge is 0.396 e. The number of unbranched alkanes of at least 4 members (excludes halogenated alkanes) is 1. The van der Waals surface area contributed by atoms with Crippen LogP contribution in [0.25, 0.3) is 0 Å². The van der Waals surface area contributed by atoms with Crippen LogP contribution in [0.15, 0.2) is 11.6 Å². The van der Waals surface area contributed by atoms with Crippen LogP contribution in [0.3, 0.4) is 0 Å². The van der Waals surface area contributed by atoms with Crippen LogP contribution in [-0.4, -0.2) is 43.3 Å². The summed E-state index contributed by atoms with van der Waals surface area (Å²) in [5, 5.41) is 8.59. The summed E-state index contributed by atoms with van der Waals surface area (Å²) in [6.45, 7) is 3.20. The number of rotatable bonds is 5. The van der Waals surface area contributed by atoms with Crippen LogP contribution in [0, 0.1) is 0 Å². The van der Waals surface area contributed by atoms with Gasteiger partial charge in [0.15, 0.2) is 0 Å². The molecule has 1 heterocycles. The van der Waals surface area contributed by atoms with Crippen LogP contribution in [0.2, 0.25) is 0 Å². The lowest BCUT2D eigenvalue weighted by molar-refractivity contribution is 0.287. The second kappa shape index (κ2) is 5.63. The summed E-state index contributed by atoms with van der Waals surface area (Å²) in [7, 11) is -3.10. The van der Waals surface area contributed by atoms with E-state index in [1.165, 1.54) is 9.88 Å². The van der Waals surface area contributed by atoms with Gasteiger partial charge in [-0.05, 0) is 26.2 Å². The number of aliphatic hydroxyl groups excluding tert-OH is 1. The third-order valence-electron chi connectivity index (χ3n) is 2.60. The van der Waals surface area contributed by atoms with Gasteiger partial charge in [-0.2, -0.15) is 4.31 Å². The first-order valence-corrected chi connectivity index (χ1v) is 6.91. The Bertz CT molecular complexity index is 322. The average Bonchev–Trinajstić information content (AvgIpc) is 2.18. The van der Waals surface area contributed by atoms with Crippen LogP contribution >= 0.6 is 0 Å². The summed E-state index contributed by atoms with van der Waals surface area (Å²) in [6.07, 6.45) is 3.90. The highest BCUT2D eigenvalue weighted by molar-refractivity contribution is 7.89. The van der Waals surface area contributed by atoms with Crippen LogP contribution in [0.5, 0.6) is 0 Å². The second-order valence-electron chi connectivity index (χ2n) is 3.91. The fourth-order valence-corrected chi connectivity index (χ4v) is 3.03. The van der Waals surface area contributed by atoms with Crippen molar-refractivity contribution in [3.05, 3.63) is 11.6 Å². The molecule has 1 rings (SSSR count). The van der Waals surface area contributed by atoms with Crippen LogP contribution in [-0.2, 0) is 10.0 Å². The predicted octanol–water partition coefficient (Wildman–Crippen LogP) is 0.741. The van der Waals surface area contributed by atoms with Crippen molar-refractivity contribution in [3.63, 3.8) is 0 Å². The van der Waals surface area contributed by atoms with Gasteiger partial charge in [-0.3, -0.25) is 0 Å². The zero-order chi connectivity index (χ0) is 11.3. The Kier molecular flexibility index (Phi) is 4.76. The second-order valence-corrected chi connectivity index (χ2v) is 5.99. The summed E-state index contributed by atoms with van der Waals surface area (Å²) < 4.78 is 25.1. The van der Waals surface area contributed by atoms with Crippen molar-refractivity contribution >= 4 is 10.0 Å². The van der Waals surface area contributed by atoms with Gasteiger partial charge in [0.2, 0.25) is 10.0 Å². The van der Waals surface area contributed by atoms with Crippen molar-refractivity contribution < 1.29 is 13.5 Å². The molecule has 5 heteroatoms. The topological polar surface area (TPSA) is 57.6 Å². The van der Waals surface area contributed by atoms with Crippen molar-refractivity contribution in [2.45, 2.75) is 26.2 Å². The number of aliphatic hydroxyl groups is 1. The van der Waals surface area contributed by atoms with Gasteiger partial charge >= 0.3 is 0 Å². The smallest absolute Gasteiger partial charge is 0.214 e. The van der Waals surface area contributed by atoms with Gasteiger partial charge < -0.3 is 5.11 Å². The highest BCUT2D eigenvalue weighted by Gasteiger charge is 2.22. The van der Waals surface area contributed by atoms with Crippen molar-refractivity contribution in [1.29, 1.82) is 0 Å². The maximum absolute atomic E-state index is 11.8. The lowest BCUT2D eigenvalue weighted by Gasteiger charge is -2.24. The third kappa shape index (κ3) is 3.93. The minimum Gasteiger partial charge on any atom is -0.396 e. The molecule has 4 nitrogen and oxygen atoms in total. The van der Waals surface area contributed by atoms with E-state index in [1.54, 1.807) is 0 Å². The molecular weight excluding hydrogens is 214 g/mol. The molecule has 0 saturated heterocycles. The van der Waals surface area contributed by atoms with Gasteiger partial charge in [0.1, 0.15) is 0 Å². The normalized spacial score (nSPS) is 18.9. The Hall–Kier alpha value is -0.390. The molecule has 0 unspecified atom stereocenters. The molecule has 15 heavy (non-hydrogen) atoms. The van der Waals surface area contributed by atoms with Crippen molar-refractivity contribution in [2.75, 3.05) is 25.4 Å². The maximum Gasteiger partial charge on any atom is 0.214 e. The molecule has 0 bridgehead atoms. The number of sulfonamides is 1. The van der Waals surface area contributed by atoms with Crippen LogP contribution in [0.4, 0.5) is 0 Å². The van der Waals surface area contributed by atoms with E-state index in [2.05, 4.69) is 0 Å². The standard InChI is InChI=1S/C10H19NO3S/c1-10-4-6-11(7-5-10)15(13,14)9-3-2-8-12/h4,12H,2-3,5-9H2,1H3. The zero-order valence-electron chi connectivity index (χ0n) is 9.15. The molecule has 88 valence electrons. The highest BCUT2D eigenvalue weighted by atomic mass is 32.2. The fourth-order valence-electron chi connectivity index (χ4n) is 1.53. The predicted molar refractivity (Wildman–Crippen MR) is 60.1 cm³/mol. The van der Waals surface area contributed by atoms with Crippen molar-refractivity contribution in [1.82, 2.24) is 4.31 Å². The Morgan fingerprint density at radius 3 is 2.73 bits per heavy atom. The monoisotopic (exact) mass is 233 g/mol. The van der Waals surface area contributed by atoms with Gasteiger partial charge in [0, 0.05) is 19.7 Å². The zero-order valence-corrected chi connectivity index (χ0v) is 9.96. The first-order chi connectivity index (χ1) is 7.06. The molecular formula is C10H19NO3S. The molecule has 0 aromatic carbocycles. The average molecular weight is 233 g/mol. The summed E-state index contributed by atoms with van der Waals surface area (Å²) in [5.41, 5.74) is 1.26. The molecule has 0 aliphatic carbocycles. The van der Waals surface area contributed by atoms with E-state index in [0.29, 0.717) is 25.9 Å². The molecule has 1 aliphatic rings. The van der Waals surface area contributed by atoms with E-state index in [-0.39, 0.29) is 12.4 Å². The van der Waals surface area contributed by atoms with Gasteiger partial charge in [-0.25, -0.2) is 8.42 Å². The summed E-state index contributed by atoms with van der Waals surface area (Å²) in [5.74, 6) is 0.153. The Morgan fingerprint density at radius 1 is 1.47 bits per heavy atom. The molecule has 0 atom stereocenters. The summed E-state index contributed by atoms with van der Waals surface area (Å²) in [6, 6.07) is 0. The van der Waals surface area contributed by atoms with Gasteiger partial charge in [0.05, 0.1) is 5.75 Å². The van der Waals surface area contributed by atoms with E-state index in [9.17, 15) is 8.42 Å². The lowest BCUT2D eigenvalue weighted by atomic mass is 10.1. The molecule has 0 amide bonds. The quantitative estimate of drug-likeness (QED) is 0.563. The van der Waals surface area contributed by atoms with E-state index >= 15 is 0 Å². The van der Waals surface area contributed by atoms with Crippen LogP contribution in [0.1, 0.15) is 26.2 Å². The van der Waals surface area contributed by atoms with E-state index in [4.69, 9.17) is 5.11 Å². The minimum atomic E-state index is -3.10. The molecule has 1 N–H and O–H groups in total. The Labute approximate surface area is 91.6 Å². The third-order valence-corrected chi connectivity index (χ3v) is 4.53. The first-order valence-electron chi connectivity index (χ1n) is 5.30. The molecule has 0 fully saturated rings. The number of hydrogen-bond acceptors (Lipinski definition) is 3. The molecule has 0 aromatic rings. The molecule has 0 radical (unpaired) electrons. The Balaban J connectivity index is 2.48. The first kappa shape index (κ1) is 12.7. The van der Waals surface area contributed by atoms with E-state index in [1.807, 2.05) is 13.0 Å². The Morgan fingerprint density at radius 2 is 2.20 bits per heavy atom. The fraction of sp³-hybridized carbons (Fsp3) is 0.800. The van der Waals surface area contributed by atoms with E-state index in [0.717, 1.165) is 6.42 Å². The highest BCUT2D eigenvalue weighted by Crippen LogP contribution is 2.14. The van der Waals surface area contributed by atoms with Crippen molar-refractivity contribution in [3.8, 4) is 0 Å². The lowest BCUT2D eigenvalue weighted by Crippen LogP contribution is -2.36. The minimum absolute atomic E-state index is 0.0640. The summed E-state index contributed by atoms with van der Waals surface area (Å²) >= 11 is 0. The van der Waals surface area contributed by atoms with Gasteiger partial charge in [-0.15, -0.1) is 0 Å². The molecule has 1 aliphatic heterocycles. The summed E-state index contributed by atoms with van der Waals surface area (Å²) in [4.78, 5) is 0. The SMILES string of the molecule is CC1=CCN(S(=O)(=O)CCCCO)CC1. The maximum atomic E-state index is 11.8. The molecule has 0 aromatic heterocycles. The molecule has 0 spiro atoms. The van der Waals surface area contributed by atoms with E-state index < -0.39 is 10.0 Å². The van der Waals surface area contributed by atoms with Gasteiger partial charge in [-0.1, -0.05) is 11.6 Å². The van der Waals surface area contributed by atoms with Crippen LogP contribution < -0.4 is 0 Å². The molecule has 0 saturated carbocycles. The van der Waals surface area contributed by atoms with Gasteiger partial charge in [0.25, 0.3) is 0 Å². The van der Waals surface area contributed by atoms with Crippen molar-refractivity contribution in [2.24, 2.45) is 0 Å². The number of hydrogen-bond donors (Lipinski definition) is 1.